The van der Waals surface area contributed by atoms with Gasteiger partial charge in [0.25, 0.3) is 16.4 Å². The Labute approximate surface area is 184 Å². The third-order valence-electron chi connectivity index (χ3n) is 4.89. The summed E-state index contributed by atoms with van der Waals surface area (Å²) in [5.41, 5.74) is -0.606. The molecule has 32 heavy (non-hydrogen) atoms. The largest absolute Gasteiger partial charge is 0.372 e. The van der Waals surface area contributed by atoms with Crippen LogP contribution in [0.4, 0.5) is 14.6 Å². The fraction of sp³-hybridized carbons (Fsp3) is 0.450. The number of amides is 1. The lowest BCUT2D eigenvalue weighted by Crippen LogP contribution is -2.46. The lowest BCUT2D eigenvalue weighted by Gasteiger charge is -2.36. The van der Waals surface area contributed by atoms with Gasteiger partial charge in [0.05, 0.1) is 22.8 Å². The van der Waals surface area contributed by atoms with Gasteiger partial charge in [-0.25, -0.2) is 26.6 Å². The molecule has 172 valence electrons. The first-order chi connectivity index (χ1) is 15.1. The zero-order valence-electron chi connectivity index (χ0n) is 17.7. The van der Waals surface area contributed by atoms with Crippen LogP contribution in [0.1, 0.15) is 44.9 Å². The molecule has 0 aliphatic carbocycles. The molecule has 12 heteroatoms. The zero-order chi connectivity index (χ0) is 23.6. The van der Waals surface area contributed by atoms with Gasteiger partial charge in [-0.15, -0.1) is 0 Å². The number of hydrogen-bond acceptors (Lipinski definition) is 7. The molecule has 1 aromatic heterocycles. The SMILES string of the molecule is CCC(=O)NS(=O)(=O)c1ccc(-n2nc(C(F)F)c(C#N)c2N2CC(C)OC(C)C2)cc1. The van der Waals surface area contributed by atoms with Crippen LogP contribution in [0.5, 0.6) is 0 Å². The Morgan fingerprint density at radius 1 is 1.28 bits per heavy atom. The molecular formula is C20H23F2N5O4S. The number of nitrogens with one attached hydrogen (secondary N) is 1. The highest BCUT2D eigenvalue weighted by atomic mass is 32.2. The highest BCUT2D eigenvalue weighted by molar-refractivity contribution is 7.90. The number of morpholine rings is 1. The fourth-order valence-electron chi connectivity index (χ4n) is 3.56. The standard InChI is InChI=1S/C20H23F2N5O4S/c1-4-17(28)25-32(29,30)15-7-5-14(6-8-15)27-20(16(9-23)18(24-27)19(21)22)26-10-12(2)31-13(3)11-26/h5-8,12-13,19H,4,10-11H2,1-3H3,(H,25,28). The Hall–Kier alpha value is -3.04. The van der Waals surface area contributed by atoms with Crippen molar-refractivity contribution >= 4 is 21.7 Å². The topological polar surface area (TPSA) is 117 Å². The zero-order valence-corrected chi connectivity index (χ0v) is 18.6. The molecule has 1 aliphatic heterocycles. The average Bonchev–Trinajstić information content (AvgIpc) is 3.12. The van der Waals surface area contributed by atoms with Gasteiger partial charge in [-0.05, 0) is 38.1 Å². The van der Waals surface area contributed by atoms with E-state index in [0.29, 0.717) is 13.1 Å². The molecule has 2 aromatic rings. The van der Waals surface area contributed by atoms with Crippen molar-refractivity contribution in [1.82, 2.24) is 14.5 Å². The summed E-state index contributed by atoms with van der Waals surface area (Å²) in [5, 5.41) is 13.6. The number of alkyl halides is 2. The van der Waals surface area contributed by atoms with E-state index < -0.39 is 28.0 Å². The predicted octanol–water partition coefficient (Wildman–Crippen LogP) is 2.51. The number of hydrogen-bond donors (Lipinski definition) is 1. The molecule has 1 aliphatic rings. The first-order valence-corrected chi connectivity index (χ1v) is 11.4. The van der Waals surface area contributed by atoms with E-state index in [0.717, 1.165) is 0 Å². The lowest BCUT2D eigenvalue weighted by molar-refractivity contribution is -0.119. The van der Waals surface area contributed by atoms with Gasteiger partial charge in [-0.3, -0.25) is 4.79 Å². The van der Waals surface area contributed by atoms with Crippen LogP contribution >= 0.6 is 0 Å². The maximum atomic E-state index is 13.6. The van der Waals surface area contributed by atoms with Gasteiger partial charge in [0.1, 0.15) is 17.3 Å². The van der Waals surface area contributed by atoms with E-state index in [1.165, 1.54) is 35.9 Å². The molecule has 2 heterocycles. The van der Waals surface area contributed by atoms with E-state index in [4.69, 9.17) is 4.74 Å². The second-order valence-electron chi connectivity index (χ2n) is 7.45. The van der Waals surface area contributed by atoms with Crippen LogP contribution in [0.2, 0.25) is 0 Å². The van der Waals surface area contributed by atoms with Crippen molar-refractivity contribution in [3.63, 3.8) is 0 Å². The van der Waals surface area contributed by atoms with Crippen LogP contribution < -0.4 is 9.62 Å². The van der Waals surface area contributed by atoms with Gasteiger partial charge < -0.3 is 9.64 Å². The molecule has 0 spiro atoms. The smallest absolute Gasteiger partial charge is 0.283 e. The van der Waals surface area contributed by atoms with Crippen LogP contribution in [-0.2, 0) is 19.6 Å². The van der Waals surface area contributed by atoms with Crippen molar-refractivity contribution in [3.05, 3.63) is 35.5 Å². The number of carbonyl (C=O) groups excluding carboxylic acids is 1. The first-order valence-electron chi connectivity index (χ1n) is 9.95. The van der Waals surface area contributed by atoms with E-state index in [9.17, 15) is 27.3 Å². The van der Waals surface area contributed by atoms with Crippen LogP contribution in [0.25, 0.3) is 5.69 Å². The molecule has 9 nitrogen and oxygen atoms in total. The molecule has 1 N–H and O–H groups in total. The highest BCUT2D eigenvalue weighted by Crippen LogP contribution is 2.34. The van der Waals surface area contributed by atoms with Crippen molar-refractivity contribution < 1.29 is 26.7 Å². The lowest BCUT2D eigenvalue weighted by atomic mass is 10.2. The Morgan fingerprint density at radius 3 is 2.38 bits per heavy atom. The average molecular weight is 467 g/mol. The van der Waals surface area contributed by atoms with Gasteiger partial charge >= 0.3 is 0 Å². The van der Waals surface area contributed by atoms with Crippen molar-refractivity contribution in [3.8, 4) is 11.8 Å². The van der Waals surface area contributed by atoms with Crippen molar-refractivity contribution in [2.45, 2.75) is 50.7 Å². The molecule has 0 radical (unpaired) electrons. The van der Waals surface area contributed by atoms with Gasteiger partial charge in [0.15, 0.2) is 5.82 Å². The van der Waals surface area contributed by atoms with Crippen molar-refractivity contribution in [2.24, 2.45) is 0 Å². The third-order valence-corrected chi connectivity index (χ3v) is 6.28. The van der Waals surface area contributed by atoms with Gasteiger partial charge in [-0.2, -0.15) is 10.4 Å². The summed E-state index contributed by atoms with van der Waals surface area (Å²) in [4.78, 5) is 13.1. The molecule has 0 saturated carbocycles. The van der Waals surface area contributed by atoms with Crippen LogP contribution in [0.3, 0.4) is 0 Å². The molecule has 1 amide bonds. The molecule has 1 aromatic carbocycles. The number of benzene rings is 1. The minimum atomic E-state index is -4.07. The summed E-state index contributed by atoms with van der Waals surface area (Å²) < 4.78 is 60.7. The van der Waals surface area contributed by atoms with E-state index in [2.05, 4.69) is 5.10 Å². The van der Waals surface area contributed by atoms with Gasteiger partial charge in [0, 0.05) is 19.5 Å². The molecule has 1 fully saturated rings. The van der Waals surface area contributed by atoms with Gasteiger partial charge in [0.2, 0.25) is 5.91 Å². The predicted molar refractivity (Wildman–Crippen MR) is 111 cm³/mol. The number of ether oxygens (including phenoxy) is 1. The van der Waals surface area contributed by atoms with E-state index >= 15 is 0 Å². The minimum Gasteiger partial charge on any atom is -0.372 e. The maximum Gasteiger partial charge on any atom is 0.283 e. The Morgan fingerprint density at radius 2 is 1.88 bits per heavy atom. The molecule has 2 unspecified atom stereocenters. The number of nitrogens with zero attached hydrogens (tertiary/aromatic N) is 4. The third kappa shape index (κ3) is 4.73. The first kappa shape index (κ1) is 23.6. The van der Waals surface area contributed by atoms with Crippen LogP contribution in [-0.4, -0.2) is 49.4 Å². The second kappa shape index (κ2) is 9.22. The molecule has 0 bridgehead atoms. The summed E-state index contributed by atoms with van der Waals surface area (Å²) in [6.07, 6.45) is -3.36. The summed E-state index contributed by atoms with van der Waals surface area (Å²) in [5.74, 6) is -0.459. The molecule has 3 rings (SSSR count). The normalized spacial score (nSPS) is 19.1. The Bertz CT molecular complexity index is 1130. The highest BCUT2D eigenvalue weighted by Gasteiger charge is 2.32. The van der Waals surface area contributed by atoms with Crippen molar-refractivity contribution in [2.75, 3.05) is 18.0 Å². The van der Waals surface area contributed by atoms with Crippen molar-refractivity contribution in [1.29, 1.82) is 5.26 Å². The van der Waals surface area contributed by atoms with E-state index in [1.54, 1.807) is 4.90 Å². The number of aromatic nitrogens is 2. The summed E-state index contributed by atoms with van der Waals surface area (Å²) in [6.45, 7) is 5.93. The molecule has 1 saturated heterocycles. The van der Waals surface area contributed by atoms with Crippen LogP contribution in [0.15, 0.2) is 29.2 Å². The second-order valence-corrected chi connectivity index (χ2v) is 9.13. The Balaban J connectivity index is 2.08. The number of anilines is 1. The van der Waals surface area contributed by atoms with Crippen LogP contribution in [0, 0.1) is 11.3 Å². The van der Waals surface area contributed by atoms with E-state index in [-0.39, 0.29) is 40.6 Å². The number of halogens is 2. The number of rotatable bonds is 6. The number of carbonyl (C=O) groups is 1. The quantitative estimate of drug-likeness (QED) is 0.694. The number of sulfonamides is 1. The monoisotopic (exact) mass is 467 g/mol. The summed E-state index contributed by atoms with van der Waals surface area (Å²) >= 11 is 0. The minimum absolute atomic E-state index is 0.00228. The summed E-state index contributed by atoms with van der Waals surface area (Å²) in [7, 11) is -4.07. The number of nitriles is 1. The molecule has 2 atom stereocenters. The van der Waals surface area contributed by atoms with E-state index in [1.807, 2.05) is 24.6 Å². The summed E-state index contributed by atoms with van der Waals surface area (Å²) in [6, 6.07) is 7.08. The van der Waals surface area contributed by atoms with Gasteiger partial charge in [-0.1, -0.05) is 6.92 Å². The molecular weight excluding hydrogens is 444 g/mol. The Kier molecular flexibility index (Phi) is 6.80. The fourth-order valence-corrected chi connectivity index (χ4v) is 4.61. The maximum absolute atomic E-state index is 13.6.